The molecule has 0 bridgehead atoms. The van der Waals surface area contributed by atoms with Crippen LogP contribution in [0.1, 0.15) is 19.2 Å². The maximum atomic E-state index is 11.9. The minimum atomic E-state index is -3.33. The van der Waals surface area contributed by atoms with Crippen LogP contribution in [0.15, 0.2) is 23.1 Å². The maximum Gasteiger partial charge on any atom is 0.177 e. The Bertz CT molecular complexity index is 792. The minimum Gasteiger partial charge on any atom is -0.379 e. The lowest BCUT2D eigenvalue weighted by atomic mass is 10.0. The lowest BCUT2D eigenvalue weighted by Crippen LogP contribution is -2.31. The number of hydrogen-bond donors (Lipinski definition) is 0. The molecule has 1 aromatic heterocycles. The Hall–Kier alpha value is -1.11. The smallest absolute Gasteiger partial charge is 0.177 e. The highest BCUT2D eigenvalue weighted by Crippen LogP contribution is 2.34. The van der Waals surface area contributed by atoms with Crippen molar-refractivity contribution in [3.8, 4) is 0 Å². The first kappa shape index (κ1) is 14.8. The highest BCUT2D eigenvalue weighted by Gasteiger charge is 2.35. The van der Waals surface area contributed by atoms with Crippen molar-refractivity contribution in [2.45, 2.75) is 29.7 Å². The van der Waals surface area contributed by atoms with Gasteiger partial charge in [-0.15, -0.1) is 11.6 Å². The quantitative estimate of drug-likeness (QED) is 0.811. The zero-order chi connectivity index (χ0) is 15.3. The molecule has 3 rings (SSSR count). The van der Waals surface area contributed by atoms with E-state index >= 15 is 0 Å². The predicted molar refractivity (Wildman–Crippen MR) is 81.5 cm³/mol. The van der Waals surface area contributed by atoms with Gasteiger partial charge in [0.05, 0.1) is 28.4 Å². The van der Waals surface area contributed by atoms with Gasteiger partial charge in [-0.25, -0.2) is 13.4 Å². The van der Waals surface area contributed by atoms with E-state index in [2.05, 4.69) is 11.9 Å². The molecule has 7 heteroatoms. The van der Waals surface area contributed by atoms with E-state index in [-0.39, 0.29) is 16.3 Å². The van der Waals surface area contributed by atoms with E-state index < -0.39 is 9.84 Å². The largest absolute Gasteiger partial charge is 0.379 e. The number of imidazole rings is 1. The van der Waals surface area contributed by atoms with Gasteiger partial charge in [0.15, 0.2) is 9.84 Å². The van der Waals surface area contributed by atoms with Gasteiger partial charge in [-0.1, -0.05) is 6.07 Å². The number of benzene rings is 1. The summed E-state index contributed by atoms with van der Waals surface area (Å²) in [4.78, 5) is 4.73. The molecule has 1 fully saturated rings. The molecule has 5 nitrogen and oxygen atoms in total. The van der Waals surface area contributed by atoms with Crippen LogP contribution in [0.4, 0.5) is 0 Å². The SMILES string of the molecule is CC1(n2c(CCl)nc3c(S(C)(=O)=O)cccc32)CCOC1. The number of hydrogen-bond acceptors (Lipinski definition) is 4. The number of aromatic nitrogens is 2. The molecule has 1 saturated heterocycles. The predicted octanol–water partition coefficient (Wildman–Crippen LogP) is 2.31. The summed E-state index contributed by atoms with van der Waals surface area (Å²) in [6.45, 7) is 3.35. The van der Waals surface area contributed by atoms with Gasteiger partial charge in [0.25, 0.3) is 0 Å². The molecule has 0 saturated carbocycles. The zero-order valence-electron chi connectivity index (χ0n) is 12.0. The number of nitrogens with zero attached hydrogens (tertiary/aromatic N) is 2. The van der Waals surface area contributed by atoms with Crippen LogP contribution in [-0.4, -0.2) is 37.4 Å². The van der Waals surface area contributed by atoms with Crippen molar-refractivity contribution in [1.82, 2.24) is 9.55 Å². The average Bonchev–Trinajstić information content (AvgIpc) is 3.00. The number of halogens is 1. The van der Waals surface area contributed by atoms with Crippen molar-refractivity contribution >= 4 is 32.5 Å². The van der Waals surface area contributed by atoms with Crippen molar-refractivity contribution in [1.29, 1.82) is 0 Å². The summed E-state index contributed by atoms with van der Waals surface area (Å²) in [6.07, 6.45) is 2.05. The van der Waals surface area contributed by atoms with Crippen LogP contribution in [0.3, 0.4) is 0 Å². The van der Waals surface area contributed by atoms with Crippen molar-refractivity contribution in [2.24, 2.45) is 0 Å². The molecule has 0 N–H and O–H groups in total. The lowest BCUT2D eigenvalue weighted by molar-refractivity contribution is 0.162. The topological polar surface area (TPSA) is 61.2 Å². The molecule has 1 aliphatic rings. The summed E-state index contributed by atoms with van der Waals surface area (Å²) in [5, 5.41) is 0. The van der Waals surface area contributed by atoms with E-state index in [1.807, 2.05) is 10.6 Å². The fourth-order valence-corrected chi connectivity index (χ4v) is 3.95. The van der Waals surface area contributed by atoms with Crippen LogP contribution >= 0.6 is 11.6 Å². The van der Waals surface area contributed by atoms with E-state index in [0.29, 0.717) is 24.6 Å². The first-order chi connectivity index (χ1) is 9.87. The summed E-state index contributed by atoms with van der Waals surface area (Å²) in [5.74, 6) is 0.906. The normalized spacial score (nSPS) is 23.0. The fraction of sp³-hybridized carbons (Fsp3) is 0.500. The third-order valence-corrected chi connectivity index (χ3v) is 5.34. The average molecular weight is 329 g/mol. The molecule has 1 aromatic carbocycles. The standard InChI is InChI=1S/C14H17ClN2O3S/c1-14(6-7-20-9-14)17-10-4-3-5-11(21(2,18)19)13(10)16-12(17)8-15/h3-5H,6-9H2,1-2H3. The molecule has 114 valence electrons. The Morgan fingerprint density at radius 3 is 2.81 bits per heavy atom. The van der Waals surface area contributed by atoms with Crippen molar-refractivity contribution in [3.05, 3.63) is 24.0 Å². The van der Waals surface area contributed by atoms with Crippen LogP contribution in [0.25, 0.3) is 11.0 Å². The van der Waals surface area contributed by atoms with Gasteiger partial charge >= 0.3 is 0 Å². The van der Waals surface area contributed by atoms with Crippen LogP contribution in [0.2, 0.25) is 0 Å². The van der Waals surface area contributed by atoms with Crippen molar-refractivity contribution in [3.63, 3.8) is 0 Å². The van der Waals surface area contributed by atoms with Gasteiger partial charge in [-0.2, -0.15) is 0 Å². The Morgan fingerprint density at radius 1 is 1.48 bits per heavy atom. The van der Waals surface area contributed by atoms with Crippen LogP contribution in [0.5, 0.6) is 0 Å². The molecule has 21 heavy (non-hydrogen) atoms. The molecule has 0 amide bonds. The monoisotopic (exact) mass is 328 g/mol. The first-order valence-electron chi connectivity index (χ1n) is 6.71. The number of rotatable bonds is 3. The Kier molecular flexibility index (Phi) is 3.50. The van der Waals surface area contributed by atoms with Crippen molar-refractivity contribution in [2.75, 3.05) is 19.5 Å². The number of para-hydroxylation sites is 1. The van der Waals surface area contributed by atoms with Crippen molar-refractivity contribution < 1.29 is 13.2 Å². The minimum absolute atomic E-state index is 0.230. The molecule has 1 aliphatic heterocycles. The van der Waals surface area contributed by atoms with Gasteiger partial charge in [-0.3, -0.25) is 0 Å². The molecule has 0 aliphatic carbocycles. The summed E-state index contributed by atoms with van der Waals surface area (Å²) in [6, 6.07) is 5.21. The fourth-order valence-electron chi connectivity index (χ4n) is 2.95. The summed E-state index contributed by atoms with van der Waals surface area (Å²) >= 11 is 6.04. The highest BCUT2D eigenvalue weighted by atomic mass is 35.5. The molecular weight excluding hydrogens is 312 g/mol. The Balaban J connectivity index is 2.35. The van der Waals surface area contributed by atoms with E-state index in [0.717, 1.165) is 11.9 Å². The number of fused-ring (bicyclic) bond motifs is 1. The van der Waals surface area contributed by atoms with E-state index in [1.54, 1.807) is 12.1 Å². The summed E-state index contributed by atoms with van der Waals surface area (Å²) in [7, 11) is -3.33. The number of ether oxygens (including phenoxy) is 1. The summed E-state index contributed by atoms with van der Waals surface area (Å²) in [5.41, 5.74) is 1.04. The van der Waals surface area contributed by atoms with E-state index in [1.165, 1.54) is 6.26 Å². The Morgan fingerprint density at radius 2 is 2.24 bits per heavy atom. The van der Waals surface area contributed by atoms with Crippen LogP contribution in [-0.2, 0) is 26.0 Å². The van der Waals surface area contributed by atoms with Crippen LogP contribution < -0.4 is 0 Å². The third kappa shape index (κ3) is 2.35. The molecular formula is C14H17ClN2O3S. The molecule has 1 unspecified atom stereocenters. The van der Waals surface area contributed by atoms with Gasteiger partial charge in [0, 0.05) is 12.9 Å². The zero-order valence-corrected chi connectivity index (χ0v) is 13.5. The maximum absolute atomic E-state index is 11.9. The molecule has 2 heterocycles. The number of alkyl halides is 1. The van der Waals surface area contributed by atoms with Crippen LogP contribution in [0, 0.1) is 0 Å². The number of sulfone groups is 1. The lowest BCUT2D eigenvalue weighted by Gasteiger charge is -2.26. The molecule has 0 spiro atoms. The van der Waals surface area contributed by atoms with E-state index in [4.69, 9.17) is 16.3 Å². The molecule has 1 atom stereocenters. The van der Waals surface area contributed by atoms with Gasteiger partial charge in [0.1, 0.15) is 11.3 Å². The molecule has 0 radical (unpaired) electrons. The Labute approximate surface area is 128 Å². The van der Waals surface area contributed by atoms with Gasteiger partial charge in [-0.05, 0) is 25.5 Å². The van der Waals surface area contributed by atoms with E-state index in [9.17, 15) is 8.42 Å². The molecule has 2 aromatic rings. The highest BCUT2D eigenvalue weighted by molar-refractivity contribution is 7.91. The first-order valence-corrected chi connectivity index (χ1v) is 9.14. The van der Waals surface area contributed by atoms with Gasteiger partial charge < -0.3 is 9.30 Å². The summed E-state index contributed by atoms with van der Waals surface area (Å²) < 4.78 is 31.5. The second-order valence-corrected chi connectivity index (χ2v) is 7.94. The third-order valence-electron chi connectivity index (χ3n) is 3.97. The second-order valence-electron chi connectivity index (χ2n) is 5.69. The van der Waals surface area contributed by atoms with Gasteiger partial charge in [0.2, 0.25) is 0 Å². The second kappa shape index (κ2) is 4.97.